The molecule has 0 aliphatic carbocycles. The minimum Gasteiger partial charge on any atom is -0.320 e. The van der Waals surface area contributed by atoms with Crippen molar-refractivity contribution in [2.24, 2.45) is 0 Å². The van der Waals surface area contributed by atoms with Crippen LogP contribution in [0.15, 0.2) is 18.2 Å². The summed E-state index contributed by atoms with van der Waals surface area (Å²) in [6.45, 7) is 1.23. The van der Waals surface area contributed by atoms with Crippen LogP contribution in [0.2, 0.25) is 0 Å². The van der Waals surface area contributed by atoms with Gasteiger partial charge in [0.05, 0.1) is 0 Å². The van der Waals surface area contributed by atoms with Crippen LogP contribution < -0.4 is 5.32 Å². The SMILES string of the molecule is Cc1c(F)cccc1NC(=O)C(F)(F)C(F)F. The lowest BCUT2D eigenvalue weighted by molar-refractivity contribution is -0.163. The van der Waals surface area contributed by atoms with Crippen molar-refractivity contribution in [1.82, 2.24) is 0 Å². The predicted molar refractivity (Wildman–Crippen MR) is 50.7 cm³/mol. The van der Waals surface area contributed by atoms with Crippen molar-refractivity contribution >= 4 is 11.6 Å². The molecule has 0 aromatic heterocycles. The Morgan fingerprint density at radius 2 is 1.94 bits per heavy atom. The highest BCUT2D eigenvalue weighted by molar-refractivity contribution is 5.96. The molecule has 1 N–H and O–H groups in total. The lowest BCUT2D eigenvalue weighted by Crippen LogP contribution is -2.41. The summed E-state index contributed by atoms with van der Waals surface area (Å²) in [5, 5.41) is 1.56. The van der Waals surface area contributed by atoms with Crippen LogP contribution in [-0.4, -0.2) is 18.3 Å². The van der Waals surface area contributed by atoms with Gasteiger partial charge in [-0.3, -0.25) is 4.79 Å². The van der Waals surface area contributed by atoms with E-state index < -0.39 is 24.1 Å². The topological polar surface area (TPSA) is 29.1 Å². The third-order valence-electron chi connectivity index (χ3n) is 2.09. The molecule has 1 aromatic carbocycles. The Bertz CT molecular complexity index is 433. The largest absolute Gasteiger partial charge is 0.383 e. The van der Waals surface area contributed by atoms with E-state index in [1.807, 2.05) is 0 Å². The van der Waals surface area contributed by atoms with Crippen LogP contribution >= 0.6 is 0 Å². The van der Waals surface area contributed by atoms with Crippen molar-refractivity contribution in [1.29, 1.82) is 0 Å². The molecular weight excluding hydrogens is 245 g/mol. The Hall–Kier alpha value is -1.66. The van der Waals surface area contributed by atoms with Gasteiger partial charge in [0.1, 0.15) is 5.82 Å². The van der Waals surface area contributed by atoms with Crippen LogP contribution in [0.4, 0.5) is 27.6 Å². The lowest BCUT2D eigenvalue weighted by atomic mass is 10.2. The summed E-state index contributed by atoms with van der Waals surface area (Å²) < 4.78 is 61.9. The first-order chi connectivity index (χ1) is 7.76. The number of nitrogens with one attached hydrogen (secondary N) is 1. The van der Waals surface area contributed by atoms with E-state index in [0.29, 0.717) is 0 Å². The number of benzene rings is 1. The molecule has 0 aliphatic rings. The maximum absolute atomic E-state index is 13.0. The van der Waals surface area contributed by atoms with Crippen LogP contribution in [0, 0.1) is 12.7 Å². The van der Waals surface area contributed by atoms with Crippen molar-refractivity contribution in [3.63, 3.8) is 0 Å². The first-order valence-corrected chi connectivity index (χ1v) is 4.49. The van der Waals surface area contributed by atoms with Gasteiger partial charge in [0.15, 0.2) is 0 Å². The van der Waals surface area contributed by atoms with Gasteiger partial charge in [0, 0.05) is 11.3 Å². The maximum Gasteiger partial charge on any atom is 0.383 e. The van der Waals surface area contributed by atoms with E-state index in [4.69, 9.17) is 0 Å². The number of rotatable bonds is 3. The van der Waals surface area contributed by atoms with E-state index >= 15 is 0 Å². The molecule has 1 aromatic rings. The zero-order valence-corrected chi connectivity index (χ0v) is 8.61. The normalized spacial score (nSPS) is 11.7. The maximum atomic E-state index is 13.0. The highest BCUT2D eigenvalue weighted by Gasteiger charge is 2.49. The van der Waals surface area contributed by atoms with E-state index in [9.17, 15) is 26.7 Å². The van der Waals surface area contributed by atoms with Gasteiger partial charge in [-0.25, -0.2) is 13.2 Å². The number of hydrogen-bond donors (Lipinski definition) is 1. The molecule has 0 unspecified atom stereocenters. The number of anilines is 1. The van der Waals surface area contributed by atoms with E-state index in [2.05, 4.69) is 0 Å². The number of carbonyl (C=O) groups excluding carboxylic acids is 1. The van der Waals surface area contributed by atoms with E-state index in [0.717, 1.165) is 12.1 Å². The molecule has 0 aliphatic heterocycles. The third kappa shape index (κ3) is 2.72. The Morgan fingerprint density at radius 3 is 2.47 bits per heavy atom. The van der Waals surface area contributed by atoms with Gasteiger partial charge in [-0.15, -0.1) is 0 Å². The molecule has 1 rings (SSSR count). The third-order valence-corrected chi connectivity index (χ3v) is 2.09. The van der Waals surface area contributed by atoms with Gasteiger partial charge in [0.2, 0.25) is 0 Å². The summed E-state index contributed by atoms with van der Waals surface area (Å²) >= 11 is 0. The van der Waals surface area contributed by atoms with Crippen molar-refractivity contribution < 1.29 is 26.7 Å². The lowest BCUT2D eigenvalue weighted by Gasteiger charge is -2.16. The molecule has 0 saturated carbocycles. The molecular formula is C10H8F5NO. The highest BCUT2D eigenvalue weighted by Crippen LogP contribution is 2.26. The van der Waals surface area contributed by atoms with Gasteiger partial charge < -0.3 is 5.32 Å². The second-order valence-corrected chi connectivity index (χ2v) is 3.29. The number of halogens is 5. The van der Waals surface area contributed by atoms with Crippen LogP contribution in [0.3, 0.4) is 0 Å². The van der Waals surface area contributed by atoms with Crippen molar-refractivity contribution in [3.8, 4) is 0 Å². The van der Waals surface area contributed by atoms with Gasteiger partial charge in [0.25, 0.3) is 0 Å². The summed E-state index contributed by atoms with van der Waals surface area (Å²) in [6.07, 6.45) is -4.11. The number of carbonyl (C=O) groups is 1. The van der Waals surface area contributed by atoms with E-state index in [1.54, 1.807) is 5.32 Å². The monoisotopic (exact) mass is 253 g/mol. The van der Waals surface area contributed by atoms with Gasteiger partial charge in [-0.1, -0.05) is 6.07 Å². The highest BCUT2D eigenvalue weighted by atomic mass is 19.3. The molecule has 7 heteroatoms. The standard InChI is InChI=1S/C10H8F5NO/c1-5-6(11)3-2-4-7(5)16-9(17)10(14,15)8(12)13/h2-4,8H,1H3,(H,16,17). The molecule has 0 radical (unpaired) electrons. The molecule has 2 nitrogen and oxygen atoms in total. The van der Waals surface area contributed by atoms with Crippen LogP contribution in [0.1, 0.15) is 5.56 Å². The molecule has 0 bridgehead atoms. The molecule has 0 heterocycles. The van der Waals surface area contributed by atoms with Crippen molar-refractivity contribution in [2.45, 2.75) is 19.3 Å². The van der Waals surface area contributed by atoms with Gasteiger partial charge in [-0.05, 0) is 19.1 Å². The first-order valence-electron chi connectivity index (χ1n) is 4.49. The average Bonchev–Trinajstić information content (AvgIpc) is 2.24. The molecule has 17 heavy (non-hydrogen) atoms. The Balaban J connectivity index is 2.93. The summed E-state index contributed by atoms with van der Waals surface area (Å²) in [5.74, 6) is -7.71. The molecule has 94 valence electrons. The number of amides is 1. The summed E-state index contributed by atoms with van der Waals surface area (Å²) in [6, 6.07) is 3.35. The smallest absolute Gasteiger partial charge is 0.320 e. The minimum atomic E-state index is -4.81. The molecule has 0 spiro atoms. The Labute approximate surface area is 93.4 Å². The Morgan fingerprint density at radius 1 is 1.35 bits per heavy atom. The number of alkyl halides is 4. The van der Waals surface area contributed by atoms with Gasteiger partial charge >= 0.3 is 18.3 Å². The fraction of sp³-hybridized carbons (Fsp3) is 0.300. The zero-order chi connectivity index (χ0) is 13.2. The molecule has 1 amide bonds. The second kappa shape index (κ2) is 4.68. The zero-order valence-electron chi connectivity index (χ0n) is 8.61. The Kier molecular flexibility index (Phi) is 3.69. The van der Waals surface area contributed by atoms with E-state index in [-0.39, 0.29) is 11.3 Å². The van der Waals surface area contributed by atoms with E-state index in [1.165, 1.54) is 13.0 Å². The fourth-order valence-electron chi connectivity index (χ4n) is 1.05. The van der Waals surface area contributed by atoms with Crippen molar-refractivity contribution in [2.75, 3.05) is 5.32 Å². The van der Waals surface area contributed by atoms with Gasteiger partial charge in [-0.2, -0.15) is 8.78 Å². The minimum absolute atomic E-state index is 0.106. The quantitative estimate of drug-likeness (QED) is 0.824. The number of hydrogen-bond acceptors (Lipinski definition) is 1. The van der Waals surface area contributed by atoms with Crippen LogP contribution in [0.5, 0.6) is 0 Å². The summed E-state index contributed by atoms with van der Waals surface area (Å²) in [5.41, 5.74) is -0.374. The average molecular weight is 253 g/mol. The second-order valence-electron chi connectivity index (χ2n) is 3.29. The predicted octanol–water partition coefficient (Wildman–Crippen LogP) is 2.97. The van der Waals surface area contributed by atoms with Crippen LogP contribution in [0.25, 0.3) is 0 Å². The fourth-order valence-corrected chi connectivity index (χ4v) is 1.05. The first kappa shape index (κ1) is 13.4. The molecule has 0 saturated heterocycles. The summed E-state index contributed by atoms with van der Waals surface area (Å²) in [7, 11) is 0. The summed E-state index contributed by atoms with van der Waals surface area (Å²) in [4.78, 5) is 10.9. The van der Waals surface area contributed by atoms with Crippen LogP contribution in [-0.2, 0) is 4.79 Å². The van der Waals surface area contributed by atoms with Crippen molar-refractivity contribution in [3.05, 3.63) is 29.6 Å². The molecule has 0 atom stereocenters. The molecule has 0 fully saturated rings.